The van der Waals surface area contributed by atoms with Crippen LogP contribution in [-0.2, 0) is 15.2 Å². The zero-order chi connectivity index (χ0) is 15.9. The summed E-state index contributed by atoms with van der Waals surface area (Å²) in [5.41, 5.74) is -6.33. The maximum atomic E-state index is 12.7. The zero-order valence-electron chi connectivity index (χ0n) is 8.86. The Labute approximate surface area is 111 Å². The second kappa shape index (κ2) is 5.09. The van der Waals surface area contributed by atoms with Gasteiger partial charge in [-0.3, -0.25) is 10.1 Å². The molecule has 0 fully saturated rings. The SMILES string of the molecule is O=[N+]([O-])c1c(C(F)(F)F)ncc(S(=O)(=O)Cl)c1C(F)F. The number of hydrogen-bond donors (Lipinski definition) is 0. The summed E-state index contributed by atoms with van der Waals surface area (Å²) in [6.07, 6.45) is -9.39. The first kappa shape index (κ1) is 16.5. The van der Waals surface area contributed by atoms with E-state index in [4.69, 9.17) is 10.7 Å². The van der Waals surface area contributed by atoms with E-state index in [2.05, 4.69) is 4.98 Å². The molecule has 1 aromatic rings. The van der Waals surface area contributed by atoms with E-state index in [0.29, 0.717) is 0 Å². The van der Waals surface area contributed by atoms with Crippen molar-refractivity contribution in [3.63, 3.8) is 0 Å². The van der Waals surface area contributed by atoms with Gasteiger partial charge < -0.3 is 0 Å². The van der Waals surface area contributed by atoms with E-state index in [1.54, 1.807) is 0 Å². The predicted molar refractivity (Wildman–Crippen MR) is 53.9 cm³/mol. The topological polar surface area (TPSA) is 90.2 Å². The summed E-state index contributed by atoms with van der Waals surface area (Å²) < 4.78 is 84.9. The number of hydrogen-bond acceptors (Lipinski definition) is 5. The summed E-state index contributed by atoms with van der Waals surface area (Å²) in [6, 6.07) is 0. The second-order valence-electron chi connectivity index (χ2n) is 3.23. The minimum Gasteiger partial charge on any atom is -0.258 e. The van der Waals surface area contributed by atoms with Crippen molar-refractivity contribution in [1.29, 1.82) is 0 Å². The highest BCUT2D eigenvalue weighted by atomic mass is 35.7. The van der Waals surface area contributed by atoms with Crippen LogP contribution in [0.4, 0.5) is 27.6 Å². The number of rotatable bonds is 3. The molecule has 0 bridgehead atoms. The van der Waals surface area contributed by atoms with E-state index >= 15 is 0 Å². The average Bonchev–Trinajstić information content (AvgIpc) is 2.24. The molecular formula is C7H2ClF5N2O4S. The smallest absolute Gasteiger partial charge is 0.258 e. The zero-order valence-corrected chi connectivity index (χ0v) is 10.4. The molecule has 1 aromatic heterocycles. The molecule has 6 nitrogen and oxygen atoms in total. The van der Waals surface area contributed by atoms with Crippen molar-refractivity contribution in [3.05, 3.63) is 27.6 Å². The number of nitrogens with zero attached hydrogens (tertiary/aromatic N) is 2. The van der Waals surface area contributed by atoms with Crippen molar-refractivity contribution >= 4 is 25.4 Å². The van der Waals surface area contributed by atoms with Crippen molar-refractivity contribution in [1.82, 2.24) is 4.98 Å². The van der Waals surface area contributed by atoms with Gasteiger partial charge in [0.2, 0.25) is 5.69 Å². The molecule has 13 heteroatoms. The highest BCUT2D eigenvalue weighted by Crippen LogP contribution is 2.42. The summed E-state index contributed by atoms with van der Waals surface area (Å²) in [5, 5.41) is 10.6. The number of pyridine rings is 1. The Balaban J connectivity index is 3.92. The van der Waals surface area contributed by atoms with Gasteiger partial charge in [-0.05, 0) is 0 Å². The molecular weight excluding hydrogens is 339 g/mol. The van der Waals surface area contributed by atoms with E-state index in [9.17, 15) is 40.5 Å². The van der Waals surface area contributed by atoms with E-state index in [1.807, 2.05) is 0 Å². The maximum Gasteiger partial charge on any atom is 0.440 e. The fraction of sp³-hybridized carbons (Fsp3) is 0.286. The lowest BCUT2D eigenvalue weighted by molar-refractivity contribution is -0.390. The molecule has 20 heavy (non-hydrogen) atoms. The normalized spacial score (nSPS) is 12.8. The third-order valence-electron chi connectivity index (χ3n) is 1.99. The van der Waals surface area contributed by atoms with Gasteiger partial charge >= 0.3 is 11.9 Å². The number of nitro groups is 1. The van der Waals surface area contributed by atoms with Crippen LogP contribution in [0, 0.1) is 10.1 Å². The van der Waals surface area contributed by atoms with Gasteiger partial charge in [0.25, 0.3) is 15.5 Å². The van der Waals surface area contributed by atoms with E-state index in [1.165, 1.54) is 0 Å². The van der Waals surface area contributed by atoms with E-state index < -0.39 is 48.4 Å². The number of aromatic nitrogens is 1. The fourth-order valence-corrected chi connectivity index (χ4v) is 2.29. The predicted octanol–water partition coefficient (Wildman–Crippen LogP) is 2.87. The van der Waals surface area contributed by atoms with E-state index in [0.717, 1.165) is 0 Å². The Bertz CT molecular complexity index is 660. The molecule has 0 radical (unpaired) electrons. The van der Waals surface area contributed by atoms with Crippen LogP contribution in [0.15, 0.2) is 11.1 Å². The van der Waals surface area contributed by atoms with Gasteiger partial charge in [-0.25, -0.2) is 22.2 Å². The van der Waals surface area contributed by atoms with Crippen LogP contribution in [-0.4, -0.2) is 18.3 Å². The van der Waals surface area contributed by atoms with Gasteiger partial charge in [-0.2, -0.15) is 13.2 Å². The highest BCUT2D eigenvalue weighted by Gasteiger charge is 2.45. The lowest BCUT2D eigenvalue weighted by Crippen LogP contribution is -2.16. The Morgan fingerprint density at radius 3 is 2.15 bits per heavy atom. The summed E-state index contributed by atoms with van der Waals surface area (Å²) in [4.78, 5) is 9.75. The van der Waals surface area contributed by atoms with Crippen LogP contribution >= 0.6 is 10.7 Å². The fourth-order valence-electron chi connectivity index (χ4n) is 1.30. The van der Waals surface area contributed by atoms with Gasteiger partial charge in [0.1, 0.15) is 10.5 Å². The molecule has 0 saturated heterocycles. The highest BCUT2D eigenvalue weighted by molar-refractivity contribution is 8.13. The van der Waals surface area contributed by atoms with Gasteiger partial charge in [-0.15, -0.1) is 0 Å². The molecule has 0 atom stereocenters. The van der Waals surface area contributed by atoms with Crippen molar-refractivity contribution in [2.45, 2.75) is 17.5 Å². The molecule has 0 aliphatic heterocycles. The summed E-state index contributed by atoms with van der Waals surface area (Å²) in [6.45, 7) is 0. The van der Waals surface area contributed by atoms with Crippen molar-refractivity contribution in [2.24, 2.45) is 0 Å². The third-order valence-corrected chi connectivity index (χ3v) is 3.34. The van der Waals surface area contributed by atoms with Crippen molar-refractivity contribution < 1.29 is 35.3 Å². The standard InChI is InChI=1S/C7H2ClF5N2O4S/c8-20(18,19)2-1-14-5(7(11,12)13)4(15(16)17)3(2)6(9)10/h1,6H. The van der Waals surface area contributed by atoms with Crippen LogP contribution in [0.3, 0.4) is 0 Å². The van der Waals surface area contributed by atoms with Crippen LogP contribution in [0.5, 0.6) is 0 Å². The van der Waals surface area contributed by atoms with Gasteiger partial charge in [0.15, 0.2) is 0 Å². The van der Waals surface area contributed by atoms with Gasteiger partial charge in [0, 0.05) is 16.9 Å². The van der Waals surface area contributed by atoms with Crippen LogP contribution < -0.4 is 0 Å². The summed E-state index contributed by atoms with van der Waals surface area (Å²) in [7, 11) is -0.193. The molecule has 112 valence electrons. The average molecular weight is 341 g/mol. The second-order valence-corrected chi connectivity index (χ2v) is 5.76. The van der Waals surface area contributed by atoms with Crippen LogP contribution in [0.2, 0.25) is 0 Å². The first-order valence-corrected chi connectivity index (χ1v) is 6.65. The quantitative estimate of drug-likeness (QED) is 0.365. The molecule has 0 unspecified atom stereocenters. The van der Waals surface area contributed by atoms with Gasteiger partial charge in [0.05, 0.1) is 4.92 Å². The molecule has 0 amide bonds. The number of alkyl halides is 5. The maximum absolute atomic E-state index is 12.7. The largest absolute Gasteiger partial charge is 0.440 e. The molecule has 0 spiro atoms. The van der Waals surface area contributed by atoms with Crippen LogP contribution in [0.25, 0.3) is 0 Å². The summed E-state index contributed by atoms with van der Waals surface area (Å²) >= 11 is 0. The molecule has 0 aromatic carbocycles. The molecule has 0 aliphatic carbocycles. The van der Waals surface area contributed by atoms with Gasteiger partial charge in [-0.1, -0.05) is 0 Å². The molecule has 1 heterocycles. The lowest BCUT2D eigenvalue weighted by Gasteiger charge is -2.11. The minimum absolute atomic E-state index is 0.0976. The minimum atomic E-state index is -5.42. The molecule has 0 saturated carbocycles. The van der Waals surface area contributed by atoms with Crippen molar-refractivity contribution in [3.8, 4) is 0 Å². The Kier molecular flexibility index (Phi) is 4.20. The van der Waals surface area contributed by atoms with E-state index in [-0.39, 0.29) is 6.20 Å². The monoisotopic (exact) mass is 340 g/mol. The Morgan fingerprint density at radius 1 is 1.35 bits per heavy atom. The molecule has 0 aliphatic rings. The lowest BCUT2D eigenvalue weighted by atomic mass is 10.1. The first-order chi connectivity index (χ1) is 8.87. The number of halogens is 6. The van der Waals surface area contributed by atoms with Crippen molar-refractivity contribution in [2.75, 3.05) is 0 Å². The third kappa shape index (κ3) is 3.12. The Morgan fingerprint density at radius 2 is 1.85 bits per heavy atom. The first-order valence-electron chi connectivity index (χ1n) is 4.34. The Hall–Kier alpha value is -1.56. The molecule has 0 N–H and O–H groups in total. The molecule has 1 rings (SSSR count). The van der Waals surface area contributed by atoms with Crippen LogP contribution in [0.1, 0.15) is 17.7 Å². The summed E-state index contributed by atoms with van der Waals surface area (Å²) in [5.74, 6) is 0.